The predicted molar refractivity (Wildman–Crippen MR) is 128 cm³/mol. The van der Waals surface area contributed by atoms with Crippen LogP contribution in [0.15, 0.2) is 36.5 Å². The number of aromatic nitrogens is 1. The van der Waals surface area contributed by atoms with Crippen LogP contribution in [0.1, 0.15) is 40.1 Å². The van der Waals surface area contributed by atoms with Crippen molar-refractivity contribution in [2.24, 2.45) is 5.92 Å². The first-order chi connectivity index (χ1) is 16.7. The maximum absolute atomic E-state index is 13.4. The van der Waals surface area contributed by atoms with E-state index in [9.17, 15) is 19.1 Å². The molecule has 3 rings (SSSR count). The minimum Gasteiger partial charge on any atom is -0.472 e. The molecule has 0 aliphatic carbocycles. The fourth-order valence-electron chi connectivity index (χ4n) is 3.76. The maximum Gasteiger partial charge on any atom is 0.259 e. The molecule has 1 aliphatic heterocycles. The molecule has 0 saturated heterocycles. The summed E-state index contributed by atoms with van der Waals surface area (Å²) in [5, 5.41) is 9.77. The van der Waals surface area contributed by atoms with Crippen molar-refractivity contribution < 1.29 is 28.6 Å². The van der Waals surface area contributed by atoms with E-state index in [0.717, 1.165) is 0 Å². The molecular weight excluding hydrogens is 453 g/mol. The van der Waals surface area contributed by atoms with Gasteiger partial charge < -0.3 is 24.4 Å². The fraction of sp³-hybridized carbons (Fsp3) is 0.423. The number of likely N-dealkylation sites (N-methyl/N-ethyl adjacent to an activating group) is 1. The normalized spacial score (nSPS) is 18.3. The van der Waals surface area contributed by atoms with E-state index in [1.54, 1.807) is 24.9 Å². The summed E-state index contributed by atoms with van der Waals surface area (Å²) in [5.41, 5.74) is 1.12. The largest absolute Gasteiger partial charge is 0.472 e. The van der Waals surface area contributed by atoms with E-state index in [-0.39, 0.29) is 48.9 Å². The molecule has 0 saturated carbocycles. The Labute approximate surface area is 204 Å². The van der Waals surface area contributed by atoms with Gasteiger partial charge in [-0.15, -0.1) is 0 Å². The SMILES string of the molecule is COCC#Cc1cnc2c(c1)C(=O)N([C@H](C)CO)C[C@H](C)[C@@H](CN(C)C(=O)c1ccc(F)cc1)O2. The number of carbonyl (C=O) groups is 2. The van der Waals surface area contributed by atoms with Crippen LogP contribution >= 0.6 is 0 Å². The smallest absolute Gasteiger partial charge is 0.259 e. The zero-order valence-corrected chi connectivity index (χ0v) is 20.3. The molecule has 0 unspecified atom stereocenters. The van der Waals surface area contributed by atoms with Gasteiger partial charge in [0.1, 0.15) is 24.1 Å². The van der Waals surface area contributed by atoms with Crippen LogP contribution in [0, 0.1) is 23.6 Å². The summed E-state index contributed by atoms with van der Waals surface area (Å²) >= 11 is 0. The average Bonchev–Trinajstić information content (AvgIpc) is 2.86. The molecular formula is C26H30FN3O5. The van der Waals surface area contributed by atoms with E-state index in [4.69, 9.17) is 9.47 Å². The summed E-state index contributed by atoms with van der Waals surface area (Å²) in [7, 11) is 3.18. The number of hydrogen-bond acceptors (Lipinski definition) is 6. The van der Waals surface area contributed by atoms with Crippen LogP contribution in [0.25, 0.3) is 0 Å². The maximum atomic E-state index is 13.4. The highest BCUT2D eigenvalue weighted by Crippen LogP contribution is 2.27. The van der Waals surface area contributed by atoms with Crippen LogP contribution in [0.4, 0.5) is 4.39 Å². The van der Waals surface area contributed by atoms with Crippen LogP contribution < -0.4 is 4.74 Å². The van der Waals surface area contributed by atoms with Crippen molar-refractivity contribution >= 4 is 11.8 Å². The Bertz CT molecular complexity index is 1110. The molecule has 186 valence electrons. The topological polar surface area (TPSA) is 92.2 Å². The number of rotatable bonds is 6. The van der Waals surface area contributed by atoms with Gasteiger partial charge in [0.05, 0.1) is 19.2 Å². The molecule has 2 heterocycles. The lowest BCUT2D eigenvalue weighted by Crippen LogP contribution is -2.50. The van der Waals surface area contributed by atoms with Gasteiger partial charge in [0, 0.05) is 43.9 Å². The highest BCUT2D eigenvalue weighted by Gasteiger charge is 2.34. The number of ether oxygens (including phenoxy) is 2. The molecule has 8 nitrogen and oxygen atoms in total. The van der Waals surface area contributed by atoms with Crippen LogP contribution in [0.3, 0.4) is 0 Å². The molecule has 35 heavy (non-hydrogen) atoms. The summed E-state index contributed by atoms with van der Waals surface area (Å²) in [6.07, 6.45) is 1.02. The Kier molecular flexibility index (Phi) is 8.79. The van der Waals surface area contributed by atoms with E-state index in [1.807, 2.05) is 6.92 Å². The average molecular weight is 484 g/mol. The monoisotopic (exact) mass is 483 g/mol. The van der Waals surface area contributed by atoms with Crippen molar-refractivity contribution in [1.82, 2.24) is 14.8 Å². The number of nitrogens with zero attached hydrogens (tertiary/aromatic N) is 3. The lowest BCUT2D eigenvalue weighted by Gasteiger charge is -2.37. The third-order valence-electron chi connectivity index (χ3n) is 5.86. The number of carbonyl (C=O) groups excluding carboxylic acids is 2. The van der Waals surface area contributed by atoms with Crippen molar-refractivity contribution in [2.45, 2.75) is 26.0 Å². The van der Waals surface area contributed by atoms with Gasteiger partial charge in [-0.2, -0.15) is 0 Å². The summed E-state index contributed by atoms with van der Waals surface area (Å²) in [5.74, 6) is 4.68. The van der Waals surface area contributed by atoms with Gasteiger partial charge in [-0.1, -0.05) is 18.8 Å². The van der Waals surface area contributed by atoms with Crippen LogP contribution in [0.2, 0.25) is 0 Å². The van der Waals surface area contributed by atoms with Gasteiger partial charge in [0.2, 0.25) is 5.88 Å². The van der Waals surface area contributed by atoms with Crippen molar-refractivity contribution in [3.63, 3.8) is 0 Å². The van der Waals surface area contributed by atoms with Crippen molar-refractivity contribution in [1.29, 1.82) is 0 Å². The number of aliphatic hydroxyl groups is 1. The highest BCUT2D eigenvalue weighted by molar-refractivity contribution is 5.97. The minimum absolute atomic E-state index is 0.140. The number of benzene rings is 1. The van der Waals surface area contributed by atoms with Gasteiger partial charge >= 0.3 is 0 Å². The second kappa shape index (κ2) is 11.8. The van der Waals surface area contributed by atoms with Crippen molar-refractivity contribution in [3.8, 4) is 17.7 Å². The van der Waals surface area contributed by atoms with E-state index in [0.29, 0.717) is 17.7 Å². The second-order valence-corrected chi connectivity index (χ2v) is 8.63. The first-order valence-corrected chi connectivity index (χ1v) is 11.3. The Hall–Kier alpha value is -3.48. The summed E-state index contributed by atoms with van der Waals surface area (Å²) in [4.78, 5) is 33.7. The molecule has 2 amide bonds. The number of hydrogen-bond donors (Lipinski definition) is 1. The molecule has 0 radical (unpaired) electrons. The standard InChI is InChI=1S/C26H30FN3O5/c1-17-14-30(18(2)16-31)26(33)22-12-19(6-5-11-34-4)13-28-24(22)35-23(17)15-29(3)25(32)20-7-9-21(27)10-8-20/h7-10,12-13,17-18,23,31H,11,14-16H2,1-4H3/t17-,18+,23+/m0/s1. The van der Waals surface area contributed by atoms with Gasteiger partial charge in [-0.05, 0) is 37.3 Å². The van der Waals surface area contributed by atoms with E-state index < -0.39 is 18.0 Å². The van der Waals surface area contributed by atoms with Gasteiger partial charge in [0.25, 0.3) is 11.8 Å². The minimum atomic E-state index is -0.498. The Morgan fingerprint density at radius 3 is 2.77 bits per heavy atom. The molecule has 1 aliphatic rings. The second-order valence-electron chi connectivity index (χ2n) is 8.63. The summed E-state index contributed by atoms with van der Waals surface area (Å²) in [6, 6.07) is 6.53. The first kappa shape index (κ1) is 26.1. The zero-order chi connectivity index (χ0) is 25.5. The van der Waals surface area contributed by atoms with E-state index in [2.05, 4.69) is 16.8 Å². The third kappa shape index (κ3) is 6.35. The van der Waals surface area contributed by atoms with E-state index in [1.165, 1.54) is 42.5 Å². The van der Waals surface area contributed by atoms with Gasteiger partial charge in [-0.25, -0.2) is 9.37 Å². The first-order valence-electron chi connectivity index (χ1n) is 11.3. The van der Waals surface area contributed by atoms with Crippen LogP contribution in [-0.2, 0) is 4.74 Å². The zero-order valence-electron chi connectivity index (χ0n) is 20.3. The van der Waals surface area contributed by atoms with Crippen molar-refractivity contribution in [3.05, 3.63) is 59.0 Å². The molecule has 1 aromatic heterocycles. The number of halogens is 1. The molecule has 2 aromatic rings. The number of aliphatic hydroxyl groups excluding tert-OH is 1. The highest BCUT2D eigenvalue weighted by atomic mass is 19.1. The fourth-order valence-corrected chi connectivity index (χ4v) is 3.76. The summed E-state index contributed by atoms with van der Waals surface area (Å²) in [6.45, 7) is 4.24. The Balaban J connectivity index is 1.92. The van der Waals surface area contributed by atoms with Crippen LogP contribution in [0.5, 0.6) is 5.88 Å². The quantitative estimate of drug-likeness (QED) is 0.634. The number of pyridine rings is 1. The number of fused-ring (bicyclic) bond motifs is 1. The Morgan fingerprint density at radius 1 is 1.40 bits per heavy atom. The van der Waals surface area contributed by atoms with Crippen LogP contribution in [-0.4, -0.2) is 84.3 Å². The molecule has 9 heteroatoms. The third-order valence-corrected chi connectivity index (χ3v) is 5.86. The molecule has 3 atom stereocenters. The Morgan fingerprint density at radius 2 is 2.11 bits per heavy atom. The lowest BCUT2D eigenvalue weighted by atomic mass is 9.99. The molecule has 0 bridgehead atoms. The molecule has 0 fully saturated rings. The number of methoxy groups -OCH3 is 1. The summed E-state index contributed by atoms with van der Waals surface area (Å²) < 4.78 is 24.4. The van der Waals surface area contributed by atoms with Crippen molar-refractivity contribution in [2.75, 3.05) is 40.5 Å². The number of amides is 2. The van der Waals surface area contributed by atoms with Gasteiger partial charge in [0.15, 0.2) is 0 Å². The predicted octanol–water partition coefficient (Wildman–Crippen LogP) is 2.21. The molecule has 1 aromatic carbocycles. The lowest BCUT2D eigenvalue weighted by molar-refractivity contribution is 0.0313. The molecule has 1 N–H and O–H groups in total. The molecule has 0 spiro atoms. The van der Waals surface area contributed by atoms with Gasteiger partial charge in [-0.3, -0.25) is 9.59 Å². The van der Waals surface area contributed by atoms with E-state index >= 15 is 0 Å².